The average Bonchev–Trinajstić information content (AvgIpc) is 2.82. The summed E-state index contributed by atoms with van der Waals surface area (Å²) in [7, 11) is 1.49. The van der Waals surface area contributed by atoms with Crippen molar-refractivity contribution in [3.05, 3.63) is 94.0 Å². The number of hydrazone groups is 1. The molecule has 0 bridgehead atoms. The molecule has 0 aliphatic carbocycles. The van der Waals surface area contributed by atoms with Crippen LogP contribution >= 0.6 is 45.2 Å². The number of hydrogen-bond acceptors (Lipinski definition) is 6. The topological polar surface area (TPSA) is 106 Å². The Labute approximate surface area is 230 Å². The van der Waals surface area contributed by atoms with Gasteiger partial charge in [0.05, 0.1) is 20.0 Å². The van der Waals surface area contributed by atoms with Crippen LogP contribution in [0.1, 0.15) is 27.9 Å². The van der Waals surface area contributed by atoms with Gasteiger partial charge in [-0.1, -0.05) is 30.3 Å². The van der Waals surface area contributed by atoms with E-state index in [9.17, 15) is 14.9 Å². The quantitative estimate of drug-likeness (QED) is 0.206. The van der Waals surface area contributed by atoms with Crippen molar-refractivity contribution in [2.75, 3.05) is 7.11 Å². The van der Waals surface area contributed by atoms with Crippen molar-refractivity contribution in [1.82, 2.24) is 9.99 Å². The molecule has 0 unspecified atom stereocenters. The number of ether oxygens (including phenoxy) is 2. The van der Waals surface area contributed by atoms with Crippen LogP contribution < -0.4 is 15.7 Å². The third-order valence-corrected chi connectivity index (χ3v) is 6.55. The van der Waals surface area contributed by atoms with Crippen LogP contribution in [0.2, 0.25) is 0 Å². The largest absolute Gasteiger partial charge is 0.487 e. The molecule has 1 aromatic heterocycles. The van der Waals surface area contributed by atoms with Gasteiger partial charge in [0.15, 0.2) is 0 Å². The van der Waals surface area contributed by atoms with Gasteiger partial charge < -0.3 is 14.0 Å². The lowest BCUT2D eigenvalue weighted by atomic mass is 10.1. The molecular formula is C25H22I2N4O4. The number of aryl methyl sites for hydroxylation is 1. The fourth-order valence-corrected chi connectivity index (χ4v) is 5.43. The van der Waals surface area contributed by atoms with Gasteiger partial charge in [-0.2, -0.15) is 10.4 Å². The molecule has 0 saturated heterocycles. The number of methoxy groups -OCH3 is 1. The number of halogens is 2. The van der Waals surface area contributed by atoms with E-state index in [-0.39, 0.29) is 18.7 Å². The van der Waals surface area contributed by atoms with E-state index in [1.54, 1.807) is 13.0 Å². The van der Waals surface area contributed by atoms with Crippen LogP contribution in [-0.4, -0.2) is 23.8 Å². The Balaban J connectivity index is 1.66. The van der Waals surface area contributed by atoms with Crippen molar-refractivity contribution < 1.29 is 14.3 Å². The second kappa shape index (κ2) is 12.8. The van der Waals surface area contributed by atoms with Gasteiger partial charge in [-0.05, 0) is 81.4 Å². The second-order valence-electron chi connectivity index (χ2n) is 7.50. The minimum Gasteiger partial charge on any atom is -0.487 e. The molecule has 3 aromatic rings. The van der Waals surface area contributed by atoms with Gasteiger partial charge in [0, 0.05) is 18.4 Å². The van der Waals surface area contributed by atoms with Crippen molar-refractivity contribution in [1.29, 1.82) is 5.26 Å². The van der Waals surface area contributed by atoms with E-state index >= 15 is 0 Å². The number of hydrogen-bond donors (Lipinski definition) is 1. The molecular weight excluding hydrogens is 674 g/mol. The Bertz CT molecular complexity index is 1330. The zero-order chi connectivity index (χ0) is 25.4. The number of rotatable bonds is 9. The average molecular weight is 696 g/mol. The Morgan fingerprint density at radius 1 is 1.17 bits per heavy atom. The number of benzene rings is 2. The van der Waals surface area contributed by atoms with Gasteiger partial charge >= 0.3 is 0 Å². The van der Waals surface area contributed by atoms with Crippen LogP contribution in [-0.2, 0) is 29.3 Å². The molecule has 0 atom stereocenters. The van der Waals surface area contributed by atoms with Crippen LogP contribution in [0.3, 0.4) is 0 Å². The number of aromatic nitrogens is 1. The smallest absolute Gasteiger partial charge is 0.269 e. The van der Waals surface area contributed by atoms with E-state index in [1.165, 1.54) is 17.9 Å². The molecule has 3 rings (SSSR count). The molecule has 0 spiro atoms. The molecule has 0 radical (unpaired) electrons. The molecule has 1 amide bonds. The summed E-state index contributed by atoms with van der Waals surface area (Å²) in [6, 6.07) is 17.3. The first-order valence-corrected chi connectivity index (χ1v) is 12.6. The predicted molar refractivity (Wildman–Crippen MR) is 149 cm³/mol. The summed E-state index contributed by atoms with van der Waals surface area (Å²) >= 11 is 4.41. The third-order valence-electron chi connectivity index (χ3n) is 4.95. The summed E-state index contributed by atoms with van der Waals surface area (Å²) in [5, 5.41) is 13.4. The van der Waals surface area contributed by atoms with E-state index in [1.807, 2.05) is 48.5 Å². The SMILES string of the molecule is COCc1cc(C)n(CC(=O)N/N=C\c2cc(I)c(OCc3ccccc3)c(I)c2)c(=O)c1C#N. The van der Waals surface area contributed by atoms with Gasteiger partial charge in [-0.25, -0.2) is 5.43 Å². The monoisotopic (exact) mass is 696 g/mol. The van der Waals surface area contributed by atoms with Crippen molar-refractivity contribution in [3.8, 4) is 11.8 Å². The maximum Gasteiger partial charge on any atom is 0.269 e. The van der Waals surface area contributed by atoms with Gasteiger partial charge in [0.25, 0.3) is 11.5 Å². The number of carbonyl (C=O) groups excluding carboxylic acids is 1. The molecule has 1 N–H and O–H groups in total. The Morgan fingerprint density at radius 2 is 1.86 bits per heavy atom. The molecule has 0 fully saturated rings. The van der Waals surface area contributed by atoms with Crippen LogP contribution in [0, 0.1) is 25.4 Å². The van der Waals surface area contributed by atoms with E-state index in [4.69, 9.17) is 9.47 Å². The zero-order valence-electron chi connectivity index (χ0n) is 19.0. The predicted octanol–water partition coefficient (Wildman–Crippen LogP) is 4.11. The minimum absolute atomic E-state index is 0.0347. The summed E-state index contributed by atoms with van der Waals surface area (Å²) in [6.07, 6.45) is 1.53. The highest BCUT2D eigenvalue weighted by Gasteiger charge is 2.15. The van der Waals surface area contributed by atoms with Gasteiger partial charge in [-0.3, -0.25) is 9.59 Å². The van der Waals surface area contributed by atoms with Crippen LogP contribution in [0.5, 0.6) is 5.75 Å². The fourth-order valence-electron chi connectivity index (χ4n) is 3.30. The lowest BCUT2D eigenvalue weighted by Crippen LogP contribution is -2.33. The summed E-state index contributed by atoms with van der Waals surface area (Å²) in [6.45, 7) is 2.05. The number of nitriles is 1. The number of amides is 1. The summed E-state index contributed by atoms with van der Waals surface area (Å²) in [5.74, 6) is 0.304. The highest BCUT2D eigenvalue weighted by molar-refractivity contribution is 14.1. The maximum atomic E-state index is 12.7. The lowest BCUT2D eigenvalue weighted by Gasteiger charge is -2.12. The highest BCUT2D eigenvalue weighted by atomic mass is 127. The number of nitrogens with one attached hydrogen (secondary N) is 1. The first-order chi connectivity index (χ1) is 16.8. The Morgan fingerprint density at radius 3 is 2.49 bits per heavy atom. The molecule has 10 heteroatoms. The first kappa shape index (κ1) is 26.8. The highest BCUT2D eigenvalue weighted by Crippen LogP contribution is 2.29. The maximum absolute atomic E-state index is 12.7. The number of carbonyl (C=O) groups is 1. The van der Waals surface area contributed by atoms with E-state index in [0.717, 1.165) is 24.0 Å². The van der Waals surface area contributed by atoms with Crippen LogP contribution in [0.4, 0.5) is 0 Å². The molecule has 0 aliphatic heterocycles. The van der Waals surface area contributed by atoms with Gasteiger partial charge in [0.1, 0.15) is 30.5 Å². The summed E-state index contributed by atoms with van der Waals surface area (Å²) in [5.41, 5.74) is 4.78. The number of nitrogens with zero attached hydrogens (tertiary/aromatic N) is 3. The Hall–Kier alpha value is -2.76. The van der Waals surface area contributed by atoms with Crippen LogP contribution in [0.15, 0.2) is 58.4 Å². The van der Waals surface area contributed by atoms with E-state index < -0.39 is 11.5 Å². The summed E-state index contributed by atoms with van der Waals surface area (Å²) in [4.78, 5) is 25.1. The van der Waals surface area contributed by atoms with Crippen LogP contribution in [0.25, 0.3) is 0 Å². The van der Waals surface area contributed by atoms with Gasteiger partial charge in [0.2, 0.25) is 0 Å². The number of pyridine rings is 1. The molecule has 35 heavy (non-hydrogen) atoms. The van der Waals surface area contributed by atoms with E-state index in [2.05, 4.69) is 55.7 Å². The Kier molecular flexibility index (Phi) is 9.82. The standard InChI is InChI=1S/C25H22I2N4O4/c1-16-8-19(15-34-2)20(11-28)25(33)31(16)13-23(32)30-29-12-18-9-21(26)24(22(27)10-18)35-14-17-6-4-3-5-7-17/h3-10,12H,13-15H2,1-2H3,(H,30,32)/b29-12-. The summed E-state index contributed by atoms with van der Waals surface area (Å²) < 4.78 is 14.1. The van der Waals surface area contributed by atoms with Gasteiger partial charge in [-0.15, -0.1) is 0 Å². The molecule has 0 aliphatic rings. The molecule has 180 valence electrons. The zero-order valence-corrected chi connectivity index (χ0v) is 23.4. The normalized spacial score (nSPS) is 10.8. The molecule has 0 saturated carbocycles. The van der Waals surface area contributed by atoms with Crippen molar-refractivity contribution in [2.24, 2.45) is 5.10 Å². The van der Waals surface area contributed by atoms with E-state index in [0.29, 0.717) is 17.9 Å². The minimum atomic E-state index is -0.533. The second-order valence-corrected chi connectivity index (χ2v) is 9.83. The van der Waals surface area contributed by atoms with Crippen molar-refractivity contribution in [2.45, 2.75) is 26.7 Å². The molecule has 1 heterocycles. The molecule has 2 aromatic carbocycles. The molecule has 8 nitrogen and oxygen atoms in total. The first-order valence-electron chi connectivity index (χ1n) is 10.4. The lowest BCUT2D eigenvalue weighted by molar-refractivity contribution is -0.121. The van der Waals surface area contributed by atoms with Crippen molar-refractivity contribution >= 4 is 57.3 Å². The fraction of sp³-hybridized carbons (Fsp3) is 0.200. The van der Waals surface area contributed by atoms with Crippen molar-refractivity contribution in [3.63, 3.8) is 0 Å². The third kappa shape index (κ3) is 7.12.